The zero-order valence-corrected chi connectivity index (χ0v) is 14.4. The average molecular weight is 340 g/mol. The van der Waals surface area contributed by atoms with Crippen LogP contribution in [0.1, 0.15) is 49.4 Å². The van der Waals surface area contributed by atoms with Gasteiger partial charge in [0.1, 0.15) is 0 Å². The Hall–Kier alpha value is -2.63. The largest absolute Gasteiger partial charge is 0.349 e. The Balaban J connectivity index is 1.67. The number of aromatic nitrogens is 2. The SMILES string of the molecule is CC(=O)N[C@@H](CC(=O)N1CCC[C@@H](c2ccn[nH]2)C1)c1ccccc1. The second kappa shape index (κ2) is 7.96. The molecule has 1 aromatic heterocycles. The van der Waals surface area contributed by atoms with Gasteiger partial charge in [0.05, 0.1) is 12.5 Å². The number of amides is 2. The molecule has 25 heavy (non-hydrogen) atoms. The number of carbonyl (C=O) groups excluding carboxylic acids is 2. The van der Waals surface area contributed by atoms with Gasteiger partial charge in [-0.15, -0.1) is 0 Å². The minimum Gasteiger partial charge on any atom is -0.349 e. The first-order valence-corrected chi connectivity index (χ1v) is 8.72. The molecule has 2 amide bonds. The highest BCUT2D eigenvalue weighted by Crippen LogP contribution is 2.27. The number of piperidine rings is 1. The van der Waals surface area contributed by atoms with Crippen LogP contribution in [-0.2, 0) is 9.59 Å². The molecule has 1 saturated heterocycles. The van der Waals surface area contributed by atoms with Crippen LogP contribution in [0.2, 0.25) is 0 Å². The van der Waals surface area contributed by atoms with E-state index in [9.17, 15) is 9.59 Å². The maximum Gasteiger partial charge on any atom is 0.225 e. The molecule has 0 saturated carbocycles. The molecule has 0 unspecified atom stereocenters. The van der Waals surface area contributed by atoms with Crippen molar-refractivity contribution in [1.82, 2.24) is 20.4 Å². The maximum atomic E-state index is 12.8. The first kappa shape index (κ1) is 17.2. The number of carbonyl (C=O) groups is 2. The molecule has 3 rings (SSSR count). The number of aromatic amines is 1. The molecule has 132 valence electrons. The van der Waals surface area contributed by atoms with E-state index in [1.54, 1.807) is 6.20 Å². The lowest BCUT2D eigenvalue weighted by Gasteiger charge is -2.33. The Bertz CT molecular complexity index is 699. The summed E-state index contributed by atoms with van der Waals surface area (Å²) in [5.41, 5.74) is 2.03. The average Bonchev–Trinajstić information content (AvgIpc) is 3.16. The second-order valence-corrected chi connectivity index (χ2v) is 6.56. The van der Waals surface area contributed by atoms with Crippen molar-refractivity contribution in [3.8, 4) is 0 Å². The van der Waals surface area contributed by atoms with Gasteiger partial charge in [-0.25, -0.2) is 0 Å². The molecule has 2 atom stereocenters. The summed E-state index contributed by atoms with van der Waals surface area (Å²) in [6.07, 6.45) is 4.06. The van der Waals surface area contributed by atoms with Crippen LogP contribution in [0, 0.1) is 0 Å². The van der Waals surface area contributed by atoms with E-state index in [0.29, 0.717) is 12.5 Å². The van der Waals surface area contributed by atoms with Crippen LogP contribution in [0.3, 0.4) is 0 Å². The first-order chi connectivity index (χ1) is 12.1. The summed E-state index contributed by atoms with van der Waals surface area (Å²) < 4.78 is 0. The molecule has 2 N–H and O–H groups in total. The third-order valence-electron chi connectivity index (χ3n) is 4.69. The van der Waals surface area contributed by atoms with E-state index in [-0.39, 0.29) is 24.3 Å². The standard InChI is InChI=1S/C19H24N4O2/c1-14(24)21-18(15-6-3-2-4-7-15)12-19(25)23-11-5-8-16(13-23)17-9-10-20-22-17/h2-4,6-7,9-10,16,18H,5,8,11-13H2,1H3,(H,20,22)(H,21,24)/t16-,18+/m1/s1. The Morgan fingerprint density at radius 1 is 1.32 bits per heavy atom. The zero-order valence-electron chi connectivity index (χ0n) is 14.4. The normalized spacial score (nSPS) is 18.6. The number of H-pyrrole nitrogens is 1. The summed E-state index contributed by atoms with van der Waals surface area (Å²) in [5, 5.41) is 9.93. The summed E-state index contributed by atoms with van der Waals surface area (Å²) >= 11 is 0. The topological polar surface area (TPSA) is 78.1 Å². The highest BCUT2D eigenvalue weighted by Gasteiger charge is 2.27. The molecular formula is C19H24N4O2. The van der Waals surface area contributed by atoms with Gasteiger partial charge in [0.2, 0.25) is 11.8 Å². The van der Waals surface area contributed by atoms with E-state index in [1.807, 2.05) is 41.3 Å². The number of benzene rings is 1. The molecule has 1 aromatic carbocycles. The third-order valence-corrected chi connectivity index (χ3v) is 4.69. The van der Waals surface area contributed by atoms with Gasteiger partial charge in [-0.3, -0.25) is 14.7 Å². The monoisotopic (exact) mass is 340 g/mol. The fourth-order valence-corrected chi connectivity index (χ4v) is 3.44. The lowest BCUT2D eigenvalue weighted by Crippen LogP contribution is -2.41. The van der Waals surface area contributed by atoms with Crippen molar-refractivity contribution in [2.75, 3.05) is 13.1 Å². The smallest absolute Gasteiger partial charge is 0.225 e. The van der Waals surface area contributed by atoms with Crippen molar-refractivity contribution in [3.05, 3.63) is 53.9 Å². The van der Waals surface area contributed by atoms with Gasteiger partial charge in [0.25, 0.3) is 0 Å². The quantitative estimate of drug-likeness (QED) is 0.877. The van der Waals surface area contributed by atoms with E-state index in [2.05, 4.69) is 15.5 Å². The van der Waals surface area contributed by atoms with Gasteiger partial charge in [-0.05, 0) is 24.5 Å². The summed E-state index contributed by atoms with van der Waals surface area (Å²) in [5.74, 6) is 0.249. The summed E-state index contributed by atoms with van der Waals surface area (Å²) in [7, 11) is 0. The van der Waals surface area contributed by atoms with Gasteiger partial charge in [0.15, 0.2) is 0 Å². The molecular weight excluding hydrogens is 316 g/mol. The molecule has 1 aliphatic heterocycles. The molecule has 2 heterocycles. The molecule has 6 heteroatoms. The first-order valence-electron chi connectivity index (χ1n) is 8.72. The van der Waals surface area contributed by atoms with E-state index >= 15 is 0 Å². The Labute approximate surface area is 147 Å². The zero-order chi connectivity index (χ0) is 17.6. The molecule has 0 radical (unpaired) electrons. The van der Waals surface area contributed by atoms with Crippen LogP contribution in [0.4, 0.5) is 0 Å². The Morgan fingerprint density at radius 3 is 2.80 bits per heavy atom. The second-order valence-electron chi connectivity index (χ2n) is 6.56. The fourth-order valence-electron chi connectivity index (χ4n) is 3.44. The Morgan fingerprint density at radius 2 is 2.12 bits per heavy atom. The number of likely N-dealkylation sites (tertiary alicyclic amines) is 1. The van der Waals surface area contributed by atoms with Crippen LogP contribution in [0.25, 0.3) is 0 Å². The number of rotatable bonds is 5. The van der Waals surface area contributed by atoms with Crippen LogP contribution in [-0.4, -0.2) is 40.0 Å². The minimum atomic E-state index is -0.293. The van der Waals surface area contributed by atoms with Crippen molar-refractivity contribution in [3.63, 3.8) is 0 Å². The molecule has 0 bridgehead atoms. The number of hydrogen-bond donors (Lipinski definition) is 2. The molecule has 1 fully saturated rings. The molecule has 0 aliphatic carbocycles. The lowest BCUT2D eigenvalue weighted by molar-refractivity contribution is -0.133. The summed E-state index contributed by atoms with van der Waals surface area (Å²) in [4.78, 5) is 26.3. The van der Waals surface area contributed by atoms with Gasteiger partial charge in [-0.1, -0.05) is 30.3 Å². The van der Waals surface area contributed by atoms with Gasteiger partial charge >= 0.3 is 0 Å². The van der Waals surface area contributed by atoms with Crippen molar-refractivity contribution in [2.24, 2.45) is 0 Å². The van der Waals surface area contributed by atoms with E-state index in [1.165, 1.54) is 6.92 Å². The lowest BCUT2D eigenvalue weighted by atomic mass is 9.94. The molecule has 2 aromatic rings. The highest BCUT2D eigenvalue weighted by molar-refractivity contribution is 5.79. The van der Waals surface area contributed by atoms with Gasteiger partial charge in [-0.2, -0.15) is 5.10 Å². The van der Waals surface area contributed by atoms with Crippen LogP contribution in [0.5, 0.6) is 0 Å². The van der Waals surface area contributed by atoms with Crippen molar-refractivity contribution in [1.29, 1.82) is 0 Å². The summed E-state index contributed by atoms with van der Waals surface area (Å²) in [6.45, 7) is 2.95. The van der Waals surface area contributed by atoms with Crippen molar-refractivity contribution < 1.29 is 9.59 Å². The Kier molecular flexibility index (Phi) is 5.48. The van der Waals surface area contributed by atoms with Crippen LogP contribution < -0.4 is 5.32 Å². The maximum absolute atomic E-state index is 12.8. The number of nitrogens with zero attached hydrogens (tertiary/aromatic N) is 2. The van der Waals surface area contributed by atoms with E-state index in [4.69, 9.17) is 0 Å². The van der Waals surface area contributed by atoms with E-state index < -0.39 is 0 Å². The molecule has 6 nitrogen and oxygen atoms in total. The van der Waals surface area contributed by atoms with Crippen molar-refractivity contribution in [2.45, 2.75) is 38.1 Å². The number of hydrogen-bond acceptors (Lipinski definition) is 3. The fraction of sp³-hybridized carbons (Fsp3) is 0.421. The van der Waals surface area contributed by atoms with E-state index in [0.717, 1.165) is 30.6 Å². The van der Waals surface area contributed by atoms with Crippen molar-refractivity contribution >= 4 is 11.8 Å². The predicted molar refractivity (Wildman–Crippen MR) is 94.8 cm³/mol. The predicted octanol–water partition coefficient (Wildman–Crippen LogP) is 2.38. The van der Waals surface area contributed by atoms with Gasteiger partial charge < -0.3 is 10.2 Å². The third kappa shape index (κ3) is 4.47. The molecule has 1 aliphatic rings. The summed E-state index contributed by atoms with van der Waals surface area (Å²) in [6, 6.07) is 11.3. The minimum absolute atomic E-state index is 0.0758. The molecule has 0 spiro atoms. The van der Waals surface area contributed by atoms with Crippen LogP contribution in [0.15, 0.2) is 42.6 Å². The van der Waals surface area contributed by atoms with Crippen LogP contribution >= 0.6 is 0 Å². The van der Waals surface area contributed by atoms with Gasteiger partial charge in [0, 0.05) is 37.8 Å². The number of nitrogens with one attached hydrogen (secondary N) is 2. The highest BCUT2D eigenvalue weighted by atomic mass is 16.2.